The molecule has 0 aromatic heterocycles. The van der Waals surface area contributed by atoms with E-state index in [0.29, 0.717) is 38.8 Å². The maximum absolute atomic E-state index is 11.8. The number of hydrogen-bond acceptors (Lipinski definition) is 3. The van der Waals surface area contributed by atoms with Gasteiger partial charge in [-0.2, -0.15) is 0 Å². The van der Waals surface area contributed by atoms with E-state index in [9.17, 15) is 14.4 Å². The molecule has 0 saturated carbocycles. The predicted octanol–water partition coefficient (Wildman–Crippen LogP) is 2.07. The van der Waals surface area contributed by atoms with E-state index in [4.69, 9.17) is 5.11 Å². The van der Waals surface area contributed by atoms with Crippen LogP contribution in [0, 0.1) is 0 Å². The molecule has 1 aromatic rings. The van der Waals surface area contributed by atoms with E-state index >= 15 is 0 Å². The van der Waals surface area contributed by atoms with Crippen molar-refractivity contribution in [3.8, 4) is 0 Å². The molecule has 130 valence electrons. The molecule has 1 saturated heterocycles. The molecule has 0 unspecified atom stereocenters. The Morgan fingerprint density at radius 1 is 1.12 bits per heavy atom. The summed E-state index contributed by atoms with van der Waals surface area (Å²) < 4.78 is 0. The van der Waals surface area contributed by atoms with Gasteiger partial charge in [0.25, 0.3) is 0 Å². The van der Waals surface area contributed by atoms with Crippen LogP contribution in [0.4, 0.5) is 0 Å². The van der Waals surface area contributed by atoms with E-state index in [1.54, 1.807) is 0 Å². The predicted molar refractivity (Wildman–Crippen MR) is 89.0 cm³/mol. The molecule has 1 heterocycles. The Morgan fingerprint density at radius 3 is 2.50 bits per heavy atom. The number of aliphatic carboxylic acids is 1. The molecule has 2 N–H and O–H groups in total. The number of benzene rings is 1. The molecule has 1 aromatic carbocycles. The van der Waals surface area contributed by atoms with Crippen molar-refractivity contribution in [1.29, 1.82) is 0 Å². The number of carbonyl (C=O) groups is 3. The maximum Gasteiger partial charge on any atom is 0.303 e. The van der Waals surface area contributed by atoms with Gasteiger partial charge in [0.1, 0.15) is 0 Å². The van der Waals surface area contributed by atoms with Gasteiger partial charge in [-0.3, -0.25) is 14.4 Å². The Kier molecular flexibility index (Phi) is 6.78. The van der Waals surface area contributed by atoms with Crippen LogP contribution in [0.3, 0.4) is 0 Å². The highest BCUT2D eigenvalue weighted by molar-refractivity contribution is 5.78. The minimum absolute atomic E-state index is 0.0764. The van der Waals surface area contributed by atoms with Crippen LogP contribution in [0.25, 0.3) is 0 Å². The van der Waals surface area contributed by atoms with Gasteiger partial charge in [-0.1, -0.05) is 24.3 Å². The molecule has 1 aliphatic heterocycles. The average Bonchev–Trinajstić information content (AvgIpc) is 2.95. The van der Waals surface area contributed by atoms with Crippen molar-refractivity contribution in [3.63, 3.8) is 0 Å². The van der Waals surface area contributed by atoms with E-state index in [1.807, 2.05) is 29.2 Å². The van der Waals surface area contributed by atoms with Crippen LogP contribution in [0.2, 0.25) is 0 Å². The van der Waals surface area contributed by atoms with Gasteiger partial charge in [-0.05, 0) is 30.4 Å². The van der Waals surface area contributed by atoms with Crippen molar-refractivity contribution in [1.82, 2.24) is 10.2 Å². The summed E-state index contributed by atoms with van der Waals surface area (Å²) in [6.07, 6.45) is 3.04. The van der Waals surface area contributed by atoms with Crippen molar-refractivity contribution in [2.45, 2.75) is 51.6 Å². The third-order valence-electron chi connectivity index (χ3n) is 4.17. The monoisotopic (exact) mass is 332 g/mol. The van der Waals surface area contributed by atoms with Gasteiger partial charge in [0.15, 0.2) is 0 Å². The second-order valence-electron chi connectivity index (χ2n) is 6.07. The molecule has 1 aliphatic rings. The Labute approximate surface area is 141 Å². The van der Waals surface area contributed by atoms with Crippen LogP contribution in [0.5, 0.6) is 0 Å². The lowest BCUT2D eigenvalue weighted by Crippen LogP contribution is -2.26. The highest BCUT2D eigenvalue weighted by Crippen LogP contribution is 2.17. The summed E-state index contributed by atoms with van der Waals surface area (Å²) in [5, 5.41) is 11.4. The third kappa shape index (κ3) is 5.68. The number of carbonyl (C=O) groups excluding carboxylic acids is 2. The number of amides is 2. The standard InChI is InChI=1S/C18H24N2O4/c21-16(8-3-4-10-18(23)24)19-12-14-6-1-2-7-15(14)13-20-11-5-9-17(20)22/h1-2,6-7H,3-5,8-13H2,(H,19,21)(H,23,24). The number of nitrogens with zero attached hydrogens (tertiary/aromatic N) is 1. The first kappa shape index (κ1) is 18.0. The zero-order valence-corrected chi connectivity index (χ0v) is 13.8. The highest BCUT2D eigenvalue weighted by Gasteiger charge is 2.20. The number of carboxylic acid groups (broad SMARTS) is 1. The van der Waals surface area contributed by atoms with Gasteiger partial charge in [0.05, 0.1) is 0 Å². The Bertz CT molecular complexity index is 600. The van der Waals surface area contributed by atoms with Crippen molar-refractivity contribution in [2.24, 2.45) is 0 Å². The average molecular weight is 332 g/mol. The fourth-order valence-corrected chi connectivity index (χ4v) is 2.80. The summed E-state index contributed by atoms with van der Waals surface area (Å²) >= 11 is 0. The summed E-state index contributed by atoms with van der Waals surface area (Å²) in [6.45, 7) is 1.81. The first-order chi connectivity index (χ1) is 11.6. The lowest BCUT2D eigenvalue weighted by molar-refractivity contribution is -0.137. The topological polar surface area (TPSA) is 86.7 Å². The third-order valence-corrected chi connectivity index (χ3v) is 4.17. The van der Waals surface area contributed by atoms with Gasteiger partial charge in [0, 0.05) is 38.9 Å². The van der Waals surface area contributed by atoms with Crippen LogP contribution in [-0.2, 0) is 27.5 Å². The van der Waals surface area contributed by atoms with Crippen molar-refractivity contribution in [3.05, 3.63) is 35.4 Å². The normalized spacial score (nSPS) is 14.0. The van der Waals surface area contributed by atoms with Crippen LogP contribution in [-0.4, -0.2) is 34.3 Å². The van der Waals surface area contributed by atoms with Gasteiger partial charge in [-0.25, -0.2) is 0 Å². The molecule has 0 spiro atoms. The molecule has 0 radical (unpaired) electrons. The molecule has 0 bridgehead atoms. The molecule has 24 heavy (non-hydrogen) atoms. The summed E-state index contributed by atoms with van der Waals surface area (Å²) in [5.41, 5.74) is 2.06. The van der Waals surface area contributed by atoms with Gasteiger partial charge >= 0.3 is 5.97 Å². The molecular formula is C18H24N2O4. The number of unbranched alkanes of at least 4 members (excludes halogenated alkanes) is 1. The zero-order chi connectivity index (χ0) is 17.4. The van der Waals surface area contributed by atoms with E-state index in [1.165, 1.54) is 0 Å². The van der Waals surface area contributed by atoms with E-state index < -0.39 is 5.97 Å². The van der Waals surface area contributed by atoms with Crippen molar-refractivity contribution < 1.29 is 19.5 Å². The summed E-state index contributed by atoms with van der Waals surface area (Å²) in [4.78, 5) is 35.9. The number of hydrogen-bond donors (Lipinski definition) is 2. The second kappa shape index (κ2) is 9.05. The summed E-state index contributed by atoms with van der Waals surface area (Å²) in [7, 11) is 0. The highest BCUT2D eigenvalue weighted by atomic mass is 16.4. The Hall–Kier alpha value is -2.37. The molecular weight excluding hydrogens is 308 g/mol. The minimum atomic E-state index is -0.833. The lowest BCUT2D eigenvalue weighted by Gasteiger charge is -2.18. The fraction of sp³-hybridized carbons (Fsp3) is 0.500. The smallest absolute Gasteiger partial charge is 0.303 e. The number of likely N-dealkylation sites (tertiary alicyclic amines) is 1. The quantitative estimate of drug-likeness (QED) is 0.678. The van der Waals surface area contributed by atoms with Crippen LogP contribution in [0.1, 0.15) is 49.7 Å². The van der Waals surface area contributed by atoms with Crippen LogP contribution in [0.15, 0.2) is 24.3 Å². The minimum Gasteiger partial charge on any atom is -0.481 e. The van der Waals surface area contributed by atoms with Crippen LogP contribution >= 0.6 is 0 Å². The van der Waals surface area contributed by atoms with Crippen molar-refractivity contribution in [2.75, 3.05) is 6.54 Å². The van der Waals surface area contributed by atoms with Gasteiger partial charge in [0.2, 0.25) is 11.8 Å². The first-order valence-corrected chi connectivity index (χ1v) is 8.39. The molecule has 2 amide bonds. The number of carboxylic acids is 1. The molecule has 0 atom stereocenters. The molecule has 1 fully saturated rings. The summed E-state index contributed by atoms with van der Waals surface area (Å²) in [6, 6.07) is 7.80. The Morgan fingerprint density at radius 2 is 1.83 bits per heavy atom. The van der Waals surface area contributed by atoms with E-state index in [0.717, 1.165) is 24.1 Å². The van der Waals surface area contributed by atoms with E-state index in [-0.39, 0.29) is 18.2 Å². The molecule has 2 rings (SSSR count). The lowest BCUT2D eigenvalue weighted by atomic mass is 10.1. The molecule has 6 heteroatoms. The first-order valence-electron chi connectivity index (χ1n) is 8.39. The SMILES string of the molecule is O=C(O)CCCCC(=O)NCc1ccccc1CN1CCCC1=O. The number of rotatable bonds is 9. The number of nitrogens with one attached hydrogen (secondary N) is 1. The zero-order valence-electron chi connectivity index (χ0n) is 13.8. The Balaban J connectivity index is 1.80. The fourth-order valence-electron chi connectivity index (χ4n) is 2.80. The van der Waals surface area contributed by atoms with Gasteiger partial charge in [-0.15, -0.1) is 0 Å². The molecule has 0 aliphatic carbocycles. The second-order valence-corrected chi connectivity index (χ2v) is 6.07. The van der Waals surface area contributed by atoms with E-state index in [2.05, 4.69) is 5.32 Å². The summed E-state index contributed by atoms with van der Waals surface area (Å²) in [5.74, 6) is -0.722. The largest absolute Gasteiger partial charge is 0.481 e. The maximum atomic E-state index is 11.8. The van der Waals surface area contributed by atoms with Crippen molar-refractivity contribution >= 4 is 17.8 Å². The molecule has 6 nitrogen and oxygen atoms in total. The van der Waals surface area contributed by atoms with Gasteiger partial charge < -0.3 is 15.3 Å². The van der Waals surface area contributed by atoms with Crippen LogP contribution < -0.4 is 5.32 Å².